The highest BCUT2D eigenvalue weighted by molar-refractivity contribution is 7.85. The average molecular weight is 258 g/mol. The van der Waals surface area contributed by atoms with Gasteiger partial charge in [0.05, 0.1) is 0 Å². The number of hydrogen-bond donors (Lipinski definition) is 1. The van der Waals surface area contributed by atoms with E-state index in [1.165, 1.54) is 4.57 Å². The van der Waals surface area contributed by atoms with Crippen LogP contribution in [-0.2, 0) is 15.5 Å². The topological polar surface area (TPSA) is 58.2 Å². The minimum atomic E-state index is -4.05. The maximum absolute atomic E-state index is 11.2. The van der Waals surface area contributed by atoms with Crippen LogP contribution >= 0.6 is 0 Å². The van der Waals surface area contributed by atoms with Gasteiger partial charge in [-0.05, 0) is 11.0 Å². The van der Waals surface area contributed by atoms with Crippen LogP contribution in [0.5, 0.6) is 0 Å². The fraction of sp³-hybridized carbons (Fsp3) is 0.583. The number of aromatic nitrogens is 1. The van der Waals surface area contributed by atoms with Crippen molar-refractivity contribution in [3.63, 3.8) is 0 Å². The Bertz CT molecular complexity index is 471. The van der Waals surface area contributed by atoms with Crippen molar-refractivity contribution < 1.29 is 17.5 Å². The van der Waals surface area contributed by atoms with E-state index in [4.69, 9.17) is 4.55 Å². The summed E-state index contributed by atoms with van der Waals surface area (Å²) in [6.07, 6.45) is 3.73. The maximum atomic E-state index is 11.2. The van der Waals surface area contributed by atoms with Crippen molar-refractivity contribution in [1.82, 2.24) is 0 Å². The van der Waals surface area contributed by atoms with Crippen molar-refractivity contribution >= 4 is 10.1 Å². The Morgan fingerprint density at radius 1 is 1.29 bits per heavy atom. The van der Waals surface area contributed by atoms with Crippen molar-refractivity contribution in [3.05, 3.63) is 30.1 Å². The normalized spacial score (nSPS) is 14.6. The molecule has 4 nitrogen and oxygen atoms in total. The predicted octanol–water partition coefficient (Wildman–Crippen LogP) is 2.07. The van der Waals surface area contributed by atoms with E-state index < -0.39 is 15.5 Å². The van der Waals surface area contributed by atoms with E-state index in [-0.39, 0.29) is 5.41 Å². The zero-order valence-electron chi connectivity index (χ0n) is 10.7. The molecule has 0 spiro atoms. The number of nitrogens with zero attached hydrogens (tertiary/aromatic N) is 1. The van der Waals surface area contributed by atoms with E-state index in [9.17, 15) is 8.42 Å². The highest BCUT2D eigenvalue weighted by Crippen LogP contribution is 2.21. The van der Waals surface area contributed by atoms with Crippen molar-refractivity contribution in [2.45, 2.75) is 44.9 Å². The molecule has 1 unspecified atom stereocenters. The van der Waals surface area contributed by atoms with Crippen molar-refractivity contribution in [1.29, 1.82) is 0 Å². The third kappa shape index (κ3) is 3.51. The molecule has 0 fully saturated rings. The zero-order chi connectivity index (χ0) is 13.3. The molecule has 5 heteroatoms. The number of hydrogen-bond acceptors (Lipinski definition) is 2. The van der Waals surface area contributed by atoms with Crippen LogP contribution in [0.1, 0.15) is 45.1 Å². The first-order valence-electron chi connectivity index (χ1n) is 5.64. The van der Waals surface area contributed by atoms with Crippen LogP contribution in [0, 0.1) is 0 Å². The molecule has 0 aliphatic carbocycles. The molecule has 17 heavy (non-hydrogen) atoms. The highest BCUT2D eigenvalue weighted by atomic mass is 32.2. The minimum Gasteiger partial charge on any atom is -0.280 e. The molecule has 0 amide bonds. The van der Waals surface area contributed by atoms with E-state index in [1.807, 2.05) is 12.1 Å². The molecule has 1 aromatic rings. The summed E-state index contributed by atoms with van der Waals surface area (Å²) in [6.45, 7) is 8.00. The standard InChI is InChI=1S/C12H19NO3S/c1-5-11(17(14,15)16)13-8-6-10(7-9-13)12(2,3)4/h6-9,11H,5H2,1-4H3/p+1. The van der Waals surface area contributed by atoms with Gasteiger partial charge in [-0.25, -0.2) is 0 Å². The lowest BCUT2D eigenvalue weighted by Gasteiger charge is -2.18. The summed E-state index contributed by atoms with van der Waals surface area (Å²) in [4.78, 5) is 0. The minimum absolute atomic E-state index is 0.0267. The SMILES string of the molecule is CCC([n+]1ccc(C(C)(C)C)cc1)S(=O)(=O)O. The Hall–Kier alpha value is -0.940. The van der Waals surface area contributed by atoms with Gasteiger partial charge >= 0.3 is 10.1 Å². The molecule has 0 aliphatic rings. The van der Waals surface area contributed by atoms with Crippen molar-refractivity contribution in [2.75, 3.05) is 0 Å². The molecular weight excluding hydrogens is 238 g/mol. The Balaban J connectivity index is 3.10. The number of rotatable bonds is 3. The average Bonchev–Trinajstić information content (AvgIpc) is 2.16. The molecule has 1 rings (SSSR count). The lowest BCUT2D eigenvalue weighted by molar-refractivity contribution is -0.702. The third-order valence-electron chi connectivity index (χ3n) is 2.74. The lowest BCUT2D eigenvalue weighted by atomic mass is 9.88. The van der Waals surface area contributed by atoms with Crippen LogP contribution in [0.2, 0.25) is 0 Å². The van der Waals surface area contributed by atoms with Gasteiger partial charge in [-0.3, -0.25) is 4.55 Å². The molecule has 1 aromatic heterocycles. The number of pyridine rings is 1. The summed E-state index contributed by atoms with van der Waals surface area (Å²) in [5.41, 5.74) is 1.15. The first-order valence-corrected chi connectivity index (χ1v) is 7.14. The summed E-state index contributed by atoms with van der Waals surface area (Å²) in [7, 11) is -4.05. The molecule has 1 heterocycles. The van der Waals surface area contributed by atoms with Gasteiger partial charge in [0, 0.05) is 18.6 Å². The second-order valence-electron chi connectivity index (χ2n) is 5.16. The molecule has 0 aromatic carbocycles. The Morgan fingerprint density at radius 3 is 2.06 bits per heavy atom. The van der Waals surface area contributed by atoms with Crippen LogP contribution in [0.25, 0.3) is 0 Å². The Morgan fingerprint density at radius 2 is 1.76 bits per heavy atom. The maximum Gasteiger partial charge on any atom is 0.329 e. The van der Waals surface area contributed by atoms with Crippen LogP contribution in [0.4, 0.5) is 0 Å². The van der Waals surface area contributed by atoms with Gasteiger partial charge in [0.25, 0.3) is 5.37 Å². The zero-order valence-corrected chi connectivity index (χ0v) is 11.5. The van der Waals surface area contributed by atoms with E-state index >= 15 is 0 Å². The molecule has 0 aliphatic heterocycles. The second kappa shape index (κ2) is 4.74. The van der Waals surface area contributed by atoms with Gasteiger partial charge in [-0.1, -0.05) is 27.7 Å². The summed E-state index contributed by atoms with van der Waals surface area (Å²) in [5, 5.41) is -0.906. The van der Waals surface area contributed by atoms with Crippen molar-refractivity contribution in [2.24, 2.45) is 0 Å². The fourth-order valence-electron chi connectivity index (χ4n) is 1.71. The first kappa shape index (κ1) is 14.1. The van der Waals surface area contributed by atoms with Crippen LogP contribution in [-0.4, -0.2) is 13.0 Å². The third-order valence-corrected chi connectivity index (χ3v) is 4.01. The molecule has 0 bridgehead atoms. The van der Waals surface area contributed by atoms with Crippen LogP contribution < -0.4 is 4.57 Å². The molecule has 96 valence electrons. The second-order valence-corrected chi connectivity index (χ2v) is 6.74. The Labute approximate surface area is 103 Å². The molecule has 0 saturated heterocycles. The quantitative estimate of drug-likeness (QED) is 0.667. The molecule has 0 saturated carbocycles. The molecule has 1 N–H and O–H groups in total. The van der Waals surface area contributed by atoms with E-state index in [2.05, 4.69) is 20.8 Å². The van der Waals surface area contributed by atoms with Gasteiger partial charge in [0.2, 0.25) is 0 Å². The van der Waals surface area contributed by atoms with Gasteiger partial charge in [0.15, 0.2) is 12.4 Å². The van der Waals surface area contributed by atoms with Crippen LogP contribution in [0.15, 0.2) is 24.5 Å². The first-order chi connectivity index (χ1) is 7.66. The van der Waals surface area contributed by atoms with Crippen molar-refractivity contribution in [3.8, 4) is 0 Å². The molecule has 1 atom stereocenters. The van der Waals surface area contributed by atoms with Gasteiger partial charge < -0.3 is 0 Å². The van der Waals surface area contributed by atoms with E-state index in [0.29, 0.717) is 6.42 Å². The smallest absolute Gasteiger partial charge is 0.280 e. The monoisotopic (exact) mass is 258 g/mol. The van der Waals surface area contributed by atoms with E-state index in [0.717, 1.165) is 5.56 Å². The summed E-state index contributed by atoms with van der Waals surface area (Å²) in [5.74, 6) is 0. The van der Waals surface area contributed by atoms with Crippen LogP contribution in [0.3, 0.4) is 0 Å². The Kier molecular flexibility index (Phi) is 3.94. The molecular formula is C12H20NO3S+. The lowest BCUT2D eigenvalue weighted by Crippen LogP contribution is -2.43. The summed E-state index contributed by atoms with van der Waals surface area (Å²) in [6, 6.07) is 3.77. The predicted molar refractivity (Wildman–Crippen MR) is 66.2 cm³/mol. The van der Waals surface area contributed by atoms with E-state index in [1.54, 1.807) is 19.3 Å². The summed E-state index contributed by atoms with van der Waals surface area (Å²) < 4.78 is 33.0. The highest BCUT2D eigenvalue weighted by Gasteiger charge is 2.30. The summed E-state index contributed by atoms with van der Waals surface area (Å²) >= 11 is 0. The van der Waals surface area contributed by atoms with Gasteiger partial charge in [-0.15, -0.1) is 0 Å². The van der Waals surface area contributed by atoms with Gasteiger partial charge in [-0.2, -0.15) is 13.0 Å². The van der Waals surface area contributed by atoms with Gasteiger partial charge in [0.1, 0.15) is 0 Å². The largest absolute Gasteiger partial charge is 0.329 e. The molecule has 0 radical (unpaired) electrons. The fourth-order valence-corrected chi connectivity index (χ4v) is 2.57.